The first-order chi connectivity index (χ1) is 20.8. The van der Waals surface area contributed by atoms with Gasteiger partial charge in [0.1, 0.15) is 12.4 Å². The Bertz CT molecular complexity index is 1880. The van der Waals surface area contributed by atoms with Crippen molar-refractivity contribution >= 4 is 41.0 Å². The highest BCUT2D eigenvalue weighted by Crippen LogP contribution is 2.32. The van der Waals surface area contributed by atoms with Gasteiger partial charge < -0.3 is 14.2 Å². The van der Waals surface area contributed by atoms with Gasteiger partial charge in [-0.2, -0.15) is 0 Å². The average Bonchev–Trinajstić information content (AvgIpc) is 3.34. The smallest absolute Gasteiger partial charge is 0.338 e. The van der Waals surface area contributed by atoms with Crippen LogP contribution in [0.3, 0.4) is 0 Å². The molecule has 2 heterocycles. The third kappa shape index (κ3) is 6.33. The zero-order chi connectivity index (χ0) is 30.5. The molecule has 10 heteroatoms. The summed E-state index contributed by atoms with van der Waals surface area (Å²) in [5, 5.41) is 0.480. The number of thiazole rings is 1. The number of hydrogen-bond acceptors (Lipinski definition) is 8. The van der Waals surface area contributed by atoms with Gasteiger partial charge in [0.05, 0.1) is 41.1 Å². The minimum absolute atomic E-state index is 0.225. The van der Waals surface area contributed by atoms with E-state index < -0.39 is 12.0 Å². The fraction of sp³-hybridized carbons (Fsp3) is 0.212. The van der Waals surface area contributed by atoms with Crippen LogP contribution in [0.4, 0.5) is 0 Å². The molecule has 5 rings (SSSR count). The summed E-state index contributed by atoms with van der Waals surface area (Å²) in [6.07, 6.45) is 2.22. The first kappa shape index (κ1) is 30.0. The Morgan fingerprint density at radius 2 is 1.77 bits per heavy atom. The van der Waals surface area contributed by atoms with Crippen LogP contribution in [-0.2, 0) is 20.9 Å². The van der Waals surface area contributed by atoms with Gasteiger partial charge in [-0.15, -0.1) is 0 Å². The van der Waals surface area contributed by atoms with Crippen LogP contribution < -0.4 is 19.6 Å². The highest BCUT2D eigenvalue weighted by molar-refractivity contribution is 7.07. The van der Waals surface area contributed by atoms with Crippen LogP contribution in [-0.4, -0.2) is 30.2 Å². The highest BCUT2D eigenvalue weighted by Gasteiger charge is 2.33. The Kier molecular flexibility index (Phi) is 9.23. The predicted octanol–water partition coefficient (Wildman–Crippen LogP) is 5.21. The van der Waals surface area contributed by atoms with Gasteiger partial charge >= 0.3 is 11.9 Å². The van der Waals surface area contributed by atoms with E-state index in [1.807, 2.05) is 37.3 Å². The molecule has 1 aromatic heterocycles. The summed E-state index contributed by atoms with van der Waals surface area (Å²) in [7, 11) is 1.32. The highest BCUT2D eigenvalue weighted by atomic mass is 35.5. The minimum atomic E-state index is -0.685. The van der Waals surface area contributed by atoms with Crippen molar-refractivity contribution in [2.75, 3.05) is 13.7 Å². The molecule has 8 nitrogen and oxygen atoms in total. The monoisotopic (exact) mass is 616 g/mol. The van der Waals surface area contributed by atoms with E-state index in [1.54, 1.807) is 60.0 Å². The first-order valence-corrected chi connectivity index (χ1v) is 14.9. The number of allylic oxidation sites excluding steroid dienone is 1. The molecule has 220 valence electrons. The fourth-order valence-electron chi connectivity index (χ4n) is 4.83. The zero-order valence-electron chi connectivity index (χ0n) is 23.8. The summed E-state index contributed by atoms with van der Waals surface area (Å²) >= 11 is 7.58. The topological polar surface area (TPSA) is 96.2 Å². The number of hydrogen-bond donors (Lipinski definition) is 0. The second kappa shape index (κ2) is 13.2. The first-order valence-electron chi connectivity index (χ1n) is 13.7. The van der Waals surface area contributed by atoms with Crippen LogP contribution in [0.25, 0.3) is 6.08 Å². The quantitative estimate of drug-likeness (QED) is 0.240. The van der Waals surface area contributed by atoms with E-state index in [0.29, 0.717) is 55.5 Å². The molecular formula is C33H29ClN2O6S. The number of nitrogens with zero attached hydrogens (tertiary/aromatic N) is 2. The number of aromatic nitrogens is 1. The molecule has 4 aromatic rings. The van der Waals surface area contributed by atoms with Crippen LogP contribution in [0.15, 0.2) is 93.9 Å². The van der Waals surface area contributed by atoms with Gasteiger partial charge in [0, 0.05) is 10.6 Å². The Labute approximate surface area is 257 Å². The number of esters is 2. The molecular weight excluding hydrogens is 588 g/mol. The van der Waals surface area contributed by atoms with E-state index in [9.17, 15) is 14.4 Å². The standard InChI is InChI=1S/C33H29ClN2O6S/c1-4-25-28(32(39)40-3)29(21-9-7-6-8-10-21)36-30(37)27(43-33(36)35-25)18-23-17-24(34)15-16-26(23)42-19-20-11-13-22(14-12-20)31(38)41-5-2/h6-18,29H,4-5,19H2,1-3H3/b27-18+/t29-/m1/s1. The van der Waals surface area contributed by atoms with Crippen LogP contribution in [0.5, 0.6) is 5.75 Å². The number of carbonyl (C=O) groups excluding carboxylic acids is 2. The van der Waals surface area contributed by atoms with Crippen molar-refractivity contribution in [3.05, 3.63) is 131 Å². The largest absolute Gasteiger partial charge is 0.488 e. The third-order valence-electron chi connectivity index (χ3n) is 6.88. The number of methoxy groups -OCH3 is 1. The number of rotatable bonds is 9. The van der Waals surface area contributed by atoms with Crippen molar-refractivity contribution in [1.29, 1.82) is 0 Å². The molecule has 1 aliphatic rings. The molecule has 0 N–H and O–H groups in total. The van der Waals surface area contributed by atoms with Crippen molar-refractivity contribution in [3.63, 3.8) is 0 Å². The van der Waals surface area contributed by atoms with Crippen LogP contribution >= 0.6 is 22.9 Å². The molecule has 0 aliphatic carbocycles. The van der Waals surface area contributed by atoms with Crippen molar-refractivity contribution in [2.24, 2.45) is 4.99 Å². The number of halogens is 1. The van der Waals surface area contributed by atoms with E-state index in [0.717, 1.165) is 11.1 Å². The minimum Gasteiger partial charge on any atom is -0.488 e. The summed E-state index contributed by atoms with van der Waals surface area (Å²) in [5.74, 6) is -0.381. The summed E-state index contributed by atoms with van der Waals surface area (Å²) < 4.78 is 18.2. The van der Waals surface area contributed by atoms with Crippen LogP contribution in [0.2, 0.25) is 5.02 Å². The number of benzene rings is 3. The van der Waals surface area contributed by atoms with Crippen molar-refractivity contribution in [2.45, 2.75) is 32.9 Å². The normalized spacial score (nSPS) is 14.6. The molecule has 0 unspecified atom stereocenters. The zero-order valence-corrected chi connectivity index (χ0v) is 25.4. The Morgan fingerprint density at radius 1 is 1.02 bits per heavy atom. The number of fused-ring (bicyclic) bond motifs is 1. The van der Waals surface area contributed by atoms with Gasteiger partial charge in [-0.1, -0.05) is 72.3 Å². The van der Waals surface area contributed by atoms with Crippen molar-refractivity contribution in [3.8, 4) is 5.75 Å². The lowest BCUT2D eigenvalue weighted by Gasteiger charge is -2.25. The summed E-state index contributed by atoms with van der Waals surface area (Å²) in [6.45, 7) is 4.21. The van der Waals surface area contributed by atoms with E-state index in [4.69, 9.17) is 30.8 Å². The van der Waals surface area contributed by atoms with Crippen molar-refractivity contribution < 1.29 is 23.8 Å². The number of carbonyl (C=O) groups is 2. The second-order valence-corrected chi connectivity index (χ2v) is 11.0. The Balaban J connectivity index is 1.54. The second-order valence-electron chi connectivity index (χ2n) is 9.59. The van der Waals surface area contributed by atoms with Crippen LogP contribution in [0.1, 0.15) is 53.4 Å². The van der Waals surface area contributed by atoms with E-state index in [1.165, 1.54) is 18.4 Å². The van der Waals surface area contributed by atoms with Gasteiger partial charge in [0.25, 0.3) is 5.56 Å². The van der Waals surface area contributed by atoms with Gasteiger partial charge in [-0.05, 0) is 60.9 Å². The lowest BCUT2D eigenvalue weighted by atomic mass is 9.95. The third-order valence-corrected chi connectivity index (χ3v) is 8.10. The summed E-state index contributed by atoms with van der Waals surface area (Å²) in [5.41, 5.74) is 3.32. The SMILES string of the molecule is CCOC(=O)c1ccc(COc2ccc(Cl)cc2/C=c2/sc3n(c2=O)[C@H](c2ccccc2)C(C(=O)OC)=C(CC)N=3)cc1. The average molecular weight is 617 g/mol. The molecule has 0 radical (unpaired) electrons. The van der Waals surface area contributed by atoms with Gasteiger partial charge in [0.2, 0.25) is 0 Å². The maximum absolute atomic E-state index is 14.0. The molecule has 43 heavy (non-hydrogen) atoms. The van der Waals surface area contributed by atoms with Gasteiger partial charge in [-0.25, -0.2) is 14.6 Å². The molecule has 0 saturated carbocycles. The maximum atomic E-state index is 14.0. The summed E-state index contributed by atoms with van der Waals surface area (Å²) in [4.78, 5) is 44.1. The van der Waals surface area contributed by atoms with Gasteiger partial charge in [-0.3, -0.25) is 9.36 Å². The van der Waals surface area contributed by atoms with Crippen LogP contribution in [0, 0.1) is 0 Å². The van der Waals surface area contributed by atoms with E-state index in [-0.39, 0.29) is 18.1 Å². The summed E-state index contributed by atoms with van der Waals surface area (Å²) in [6, 6.07) is 20.9. The Hall–Kier alpha value is -4.47. The molecule has 0 saturated heterocycles. The molecule has 3 aromatic carbocycles. The van der Waals surface area contributed by atoms with E-state index in [2.05, 4.69) is 0 Å². The molecule has 0 spiro atoms. The Morgan fingerprint density at radius 3 is 2.44 bits per heavy atom. The lowest BCUT2D eigenvalue weighted by Crippen LogP contribution is -2.40. The fourth-order valence-corrected chi connectivity index (χ4v) is 6.02. The predicted molar refractivity (Wildman–Crippen MR) is 165 cm³/mol. The lowest BCUT2D eigenvalue weighted by molar-refractivity contribution is -0.136. The molecule has 1 aliphatic heterocycles. The molecule has 1 atom stereocenters. The maximum Gasteiger partial charge on any atom is 0.338 e. The molecule has 0 bridgehead atoms. The van der Waals surface area contributed by atoms with Crippen molar-refractivity contribution in [1.82, 2.24) is 4.57 Å². The van der Waals surface area contributed by atoms with Gasteiger partial charge in [0.15, 0.2) is 4.80 Å². The number of ether oxygens (including phenoxy) is 3. The van der Waals surface area contributed by atoms with E-state index >= 15 is 0 Å². The molecule has 0 fully saturated rings. The molecule has 0 amide bonds.